The smallest absolute Gasteiger partial charge is 0.461 e. The number of carbonyl (C=O) groups excluding carboxylic acids is 1. The van der Waals surface area contributed by atoms with Crippen LogP contribution in [0.25, 0.3) is 22.3 Å². The van der Waals surface area contributed by atoms with E-state index in [9.17, 15) is 26.4 Å². The molecule has 4 aromatic rings. The average molecular weight is 596 g/mol. The Morgan fingerprint density at radius 3 is 2.58 bits per heavy atom. The summed E-state index contributed by atoms with van der Waals surface area (Å²) in [5.41, 5.74) is -3.49. The number of para-hydroxylation sites is 1. The lowest BCUT2D eigenvalue weighted by atomic mass is 10.1. The highest BCUT2D eigenvalue weighted by Gasteiger charge is 2.46. The summed E-state index contributed by atoms with van der Waals surface area (Å²) in [6.07, 6.45) is 2.53. The molecule has 212 valence electrons. The van der Waals surface area contributed by atoms with Gasteiger partial charge in [0.2, 0.25) is 0 Å². The van der Waals surface area contributed by atoms with Crippen molar-refractivity contribution >= 4 is 44.3 Å². The fourth-order valence-electron chi connectivity index (χ4n) is 4.56. The molecule has 0 amide bonds. The molecule has 0 unspecified atom stereocenters. The molecule has 5 rings (SSSR count). The van der Waals surface area contributed by atoms with Gasteiger partial charge in [-0.05, 0) is 49.6 Å². The largest absolute Gasteiger partial charge is 0.516 e. The van der Waals surface area contributed by atoms with Crippen molar-refractivity contribution in [1.82, 2.24) is 9.55 Å². The van der Waals surface area contributed by atoms with E-state index >= 15 is 0 Å². The summed E-state index contributed by atoms with van der Waals surface area (Å²) in [5.74, 6) is 0.553. The molecule has 0 spiro atoms. The van der Waals surface area contributed by atoms with Gasteiger partial charge in [-0.25, -0.2) is 9.78 Å². The lowest BCUT2D eigenvalue weighted by Crippen LogP contribution is -2.30. The molecule has 2 aromatic carbocycles. The van der Waals surface area contributed by atoms with Gasteiger partial charge in [-0.1, -0.05) is 36.7 Å². The Balaban J connectivity index is 1.54. The SMILES string of the molecule is CCOC(=O)c1c(C2CC2)nc(CC)n1Cc1ccc2oc(-c3ccccc3NS(=O)(=O)C(F)(F)F)c(Cl)c2c1. The Morgan fingerprint density at radius 2 is 1.93 bits per heavy atom. The summed E-state index contributed by atoms with van der Waals surface area (Å²) in [7, 11) is -5.67. The van der Waals surface area contributed by atoms with E-state index < -0.39 is 21.5 Å². The van der Waals surface area contributed by atoms with E-state index in [2.05, 4.69) is 0 Å². The minimum Gasteiger partial charge on any atom is -0.461 e. The highest BCUT2D eigenvalue weighted by Crippen LogP contribution is 2.43. The first-order chi connectivity index (χ1) is 18.9. The van der Waals surface area contributed by atoms with Crippen LogP contribution in [0.2, 0.25) is 5.02 Å². The van der Waals surface area contributed by atoms with Crippen molar-refractivity contribution in [2.75, 3.05) is 11.3 Å². The van der Waals surface area contributed by atoms with Crippen LogP contribution < -0.4 is 4.72 Å². The molecule has 0 saturated heterocycles. The number of nitrogens with zero attached hydrogens (tertiary/aromatic N) is 2. The molecule has 1 aliphatic carbocycles. The molecule has 1 saturated carbocycles. The number of carbonyl (C=O) groups is 1. The minimum absolute atomic E-state index is 0.00871. The van der Waals surface area contributed by atoms with Gasteiger partial charge in [0.25, 0.3) is 0 Å². The van der Waals surface area contributed by atoms with Crippen LogP contribution in [-0.2, 0) is 27.7 Å². The van der Waals surface area contributed by atoms with Crippen LogP contribution in [0.3, 0.4) is 0 Å². The van der Waals surface area contributed by atoms with Gasteiger partial charge in [-0.15, -0.1) is 0 Å². The Bertz CT molecular complexity index is 1710. The average Bonchev–Trinajstić information content (AvgIpc) is 3.61. The van der Waals surface area contributed by atoms with Crippen molar-refractivity contribution in [2.24, 2.45) is 0 Å². The zero-order valence-electron chi connectivity index (χ0n) is 21.5. The zero-order chi connectivity index (χ0) is 28.8. The van der Waals surface area contributed by atoms with Crippen LogP contribution >= 0.6 is 11.6 Å². The van der Waals surface area contributed by atoms with Crippen molar-refractivity contribution in [2.45, 2.75) is 51.1 Å². The maximum Gasteiger partial charge on any atom is 0.516 e. The van der Waals surface area contributed by atoms with Crippen molar-refractivity contribution in [3.8, 4) is 11.3 Å². The molecule has 0 atom stereocenters. The summed E-state index contributed by atoms with van der Waals surface area (Å²) in [4.78, 5) is 17.7. The zero-order valence-corrected chi connectivity index (χ0v) is 23.1. The molecule has 40 heavy (non-hydrogen) atoms. The Morgan fingerprint density at radius 1 is 1.20 bits per heavy atom. The number of fused-ring (bicyclic) bond motifs is 1. The topological polar surface area (TPSA) is 103 Å². The van der Waals surface area contributed by atoms with Gasteiger partial charge in [-0.2, -0.15) is 21.6 Å². The van der Waals surface area contributed by atoms with Gasteiger partial charge in [0.1, 0.15) is 11.4 Å². The molecule has 1 N–H and O–H groups in total. The number of aryl methyl sites for hydroxylation is 1. The van der Waals surface area contributed by atoms with E-state index in [1.54, 1.807) is 29.8 Å². The standard InChI is InChI=1S/C27H25ClF3N3O5S/c1-3-21-32-23(16-10-11-16)24(26(35)38-4-2)34(21)14-15-9-12-20-18(13-15)22(28)25(39-20)17-7-5-6-8-19(17)33-40(36,37)27(29,30)31/h5-9,12-13,16,33H,3-4,10-11,14H2,1-2H3. The predicted molar refractivity (Wildman–Crippen MR) is 144 cm³/mol. The first-order valence-corrected chi connectivity index (χ1v) is 14.5. The summed E-state index contributed by atoms with van der Waals surface area (Å²) < 4.78 is 77.2. The Labute approximate surface area is 233 Å². The second-order valence-corrected chi connectivity index (χ2v) is 11.4. The van der Waals surface area contributed by atoms with Crippen LogP contribution in [0.5, 0.6) is 0 Å². The van der Waals surface area contributed by atoms with Gasteiger partial charge in [0, 0.05) is 29.8 Å². The monoisotopic (exact) mass is 595 g/mol. The van der Waals surface area contributed by atoms with Gasteiger partial charge in [0.05, 0.1) is 23.0 Å². The van der Waals surface area contributed by atoms with Crippen molar-refractivity contribution < 1.29 is 35.5 Å². The molecule has 1 fully saturated rings. The maximum absolute atomic E-state index is 13.0. The number of sulfonamides is 1. The number of hydrogen-bond donors (Lipinski definition) is 1. The van der Waals surface area contributed by atoms with Crippen LogP contribution in [0.1, 0.15) is 60.2 Å². The van der Waals surface area contributed by atoms with E-state index in [-0.39, 0.29) is 34.6 Å². The molecule has 0 radical (unpaired) electrons. The lowest BCUT2D eigenvalue weighted by molar-refractivity contribution is -0.0429. The summed E-state index contributed by atoms with van der Waals surface area (Å²) in [6.45, 7) is 4.23. The number of anilines is 1. The number of halogens is 4. The van der Waals surface area contributed by atoms with Crippen LogP contribution in [0, 0.1) is 0 Å². The summed E-state index contributed by atoms with van der Waals surface area (Å²) in [6, 6.07) is 10.7. The first kappa shape index (κ1) is 28.0. The van der Waals surface area contributed by atoms with Crippen molar-refractivity contribution in [1.29, 1.82) is 0 Å². The quantitative estimate of drug-likeness (QED) is 0.212. The van der Waals surface area contributed by atoms with Gasteiger partial charge in [0.15, 0.2) is 11.5 Å². The molecule has 1 aliphatic rings. The fourth-order valence-corrected chi connectivity index (χ4v) is 5.43. The van der Waals surface area contributed by atoms with E-state index in [1.807, 2.05) is 11.5 Å². The number of esters is 1. The second-order valence-electron chi connectivity index (χ2n) is 9.37. The minimum atomic E-state index is -5.67. The highest BCUT2D eigenvalue weighted by molar-refractivity contribution is 7.93. The van der Waals surface area contributed by atoms with E-state index in [4.69, 9.17) is 25.7 Å². The number of alkyl halides is 3. The highest BCUT2D eigenvalue weighted by atomic mass is 35.5. The van der Waals surface area contributed by atoms with E-state index in [0.717, 1.165) is 29.9 Å². The van der Waals surface area contributed by atoms with Crippen molar-refractivity contribution in [3.63, 3.8) is 0 Å². The lowest BCUT2D eigenvalue weighted by Gasteiger charge is -2.13. The Hall–Kier alpha value is -3.51. The maximum atomic E-state index is 13.0. The number of hydrogen-bond acceptors (Lipinski definition) is 6. The normalized spacial score (nSPS) is 14.1. The third kappa shape index (κ3) is 5.17. The molecule has 2 aromatic heterocycles. The Kier molecular flexibility index (Phi) is 7.34. The van der Waals surface area contributed by atoms with Gasteiger partial charge in [-0.3, -0.25) is 4.72 Å². The molecular formula is C27H25ClF3N3O5S. The molecule has 8 nitrogen and oxygen atoms in total. The molecular weight excluding hydrogens is 571 g/mol. The molecule has 0 bridgehead atoms. The third-order valence-corrected chi connectivity index (χ3v) is 8.05. The number of furan rings is 1. The summed E-state index contributed by atoms with van der Waals surface area (Å²) >= 11 is 6.65. The predicted octanol–water partition coefficient (Wildman–Crippen LogP) is 6.88. The number of benzene rings is 2. The van der Waals surface area contributed by atoms with Crippen LogP contribution in [0.4, 0.5) is 18.9 Å². The third-order valence-electron chi connectivity index (χ3n) is 6.58. The molecule has 2 heterocycles. The number of imidazole rings is 1. The summed E-state index contributed by atoms with van der Waals surface area (Å²) in [5, 5.41) is 0.571. The van der Waals surface area contributed by atoms with E-state index in [1.165, 1.54) is 24.3 Å². The van der Waals surface area contributed by atoms with Crippen LogP contribution in [-0.4, -0.2) is 36.1 Å². The number of nitrogens with one attached hydrogen (secondary N) is 1. The molecule has 13 heteroatoms. The first-order valence-electron chi connectivity index (χ1n) is 12.6. The van der Waals surface area contributed by atoms with Crippen molar-refractivity contribution in [3.05, 3.63) is 70.3 Å². The second kappa shape index (κ2) is 10.5. The number of ether oxygens (including phenoxy) is 1. The van der Waals surface area contributed by atoms with E-state index in [0.29, 0.717) is 29.6 Å². The number of rotatable bonds is 9. The number of aromatic nitrogens is 2. The van der Waals surface area contributed by atoms with Crippen LogP contribution in [0.15, 0.2) is 46.9 Å². The fraction of sp³-hybridized carbons (Fsp3) is 0.333. The van der Waals surface area contributed by atoms with Gasteiger partial charge < -0.3 is 13.7 Å². The van der Waals surface area contributed by atoms with Gasteiger partial charge >= 0.3 is 21.5 Å². The molecule has 0 aliphatic heterocycles.